The molecule has 0 aromatic heterocycles. The lowest BCUT2D eigenvalue weighted by Crippen LogP contribution is -2.10. The van der Waals surface area contributed by atoms with Gasteiger partial charge in [0.1, 0.15) is 0 Å². The third-order valence-corrected chi connectivity index (χ3v) is 1.51. The third-order valence-electron chi connectivity index (χ3n) is 1.51. The smallest absolute Gasteiger partial charge is 0.164 e. The molecule has 0 atom stereocenters. The van der Waals surface area contributed by atoms with Gasteiger partial charge < -0.3 is 10.0 Å². The molecule has 0 amide bonds. The molecule has 0 fully saturated rings. The minimum atomic E-state index is -0.572. The molecule has 0 aliphatic carbocycles. The molecule has 3 heteroatoms. The third kappa shape index (κ3) is 2.20. The van der Waals surface area contributed by atoms with Crippen molar-refractivity contribution < 1.29 is 9.50 Å². The Morgan fingerprint density at radius 1 is 1.42 bits per heavy atom. The van der Waals surface area contributed by atoms with Crippen LogP contribution >= 0.6 is 0 Å². The summed E-state index contributed by atoms with van der Waals surface area (Å²) in [6, 6.07) is 4.37. The highest BCUT2D eigenvalue weighted by molar-refractivity contribution is 5.28. The highest BCUT2D eigenvalue weighted by Crippen LogP contribution is 2.17. The van der Waals surface area contributed by atoms with Gasteiger partial charge in [-0.3, -0.25) is 0 Å². The van der Waals surface area contributed by atoms with Crippen LogP contribution in [0.5, 0.6) is 5.75 Å². The van der Waals surface area contributed by atoms with Crippen molar-refractivity contribution in [1.82, 2.24) is 4.90 Å². The van der Waals surface area contributed by atoms with Crippen molar-refractivity contribution in [2.45, 2.75) is 6.54 Å². The van der Waals surface area contributed by atoms with Gasteiger partial charge in [0.2, 0.25) is 0 Å². The van der Waals surface area contributed by atoms with Crippen LogP contribution in [-0.4, -0.2) is 24.1 Å². The number of phenolic OH excluding ortho intramolecular Hbond substituents is 1. The topological polar surface area (TPSA) is 23.5 Å². The molecule has 0 saturated carbocycles. The molecule has 0 radical (unpaired) electrons. The summed E-state index contributed by atoms with van der Waals surface area (Å²) in [5.41, 5.74) is 0.902. The lowest BCUT2D eigenvalue weighted by atomic mass is 10.2. The van der Waals surface area contributed by atoms with Gasteiger partial charge in [-0.15, -0.1) is 0 Å². The first-order valence-corrected chi connectivity index (χ1v) is 3.71. The van der Waals surface area contributed by atoms with Crippen LogP contribution < -0.4 is 0 Å². The number of aromatic hydroxyl groups is 1. The summed E-state index contributed by atoms with van der Waals surface area (Å²) in [6.45, 7) is 0.702. The number of rotatable bonds is 2. The van der Waals surface area contributed by atoms with E-state index in [1.54, 1.807) is 6.07 Å². The molecule has 0 aliphatic rings. The number of hydrogen-bond acceptors (Lipinski definition) is 2. The molecule has 12 heavy (non-hydrogen) atoms. The van der Waals surface area contributed by atoms with Gasteiger partial charge in [0, 0.05) is 6.54 Å². The second kappa shape index (κ2) is 3.54. The van der Waals surface area contributed by atoms with Gasteiger partial charge in [-0.25, -0.2) is 4.39 Å². The predicted octanol–water partition coefficient (Wildman–Crippen LogP) is 1.59. The van der Waals surface area contributed by atoms with Crippen LogP contribution in [-0.2, 0) is 6.54 Å². The average molecular weight is 169 g/mol. The van der Waals surface area contributed by atoms with Crippen LogP contribution in [0.4, 0.5) is 4.39 Å². The number of nitrogens with zero attached hydrogens (tertiary/aromatic N) is 1. The van der Waals surface area contributed by atoms with Crippen LogP contribution in [0.1, 0.15) is 5.56 Å². The maximum absolute atomic E-state index is 12.6. The molecule has 1 aromatic carbocycles. The fraction of sp³-hybridized carbons (Fsp3) is 0.333. The van der Waals surface area contributed by atoms with Gasteiger partial charge in [-0.05, 0) is 31.8 Å². The molecule has 66 valence electrons. The summed E-state index contributed by atoms with van der Waals surface area (Å²) in [5, 5.41) is 9.02. The second-order valence-electron chi connectivity index (χ2n) is 3.02. The maximum atomic E-state index is 12.6. The van der Waals surface area contributed by atoms with Crippen molar-refractivity contribution in [3.63, 3.8) is 0 Å². The van der Waals surface area contributed by atoms with Gasteiger partial charge in [-0.1, -0.05) is 6.07 Å². The quantitative estimate of drug-likeness (QED) is 0.726. The number of benzene rings is 1. The Hall–Kier alpha value is -1.09. The van der Waals surface area contributed by atoms with Gasteiger partial charge in [0.15, 0.2) is 11.6 Å². The molecule has 2 nitrogen and oxygen atoms in total. The Bertz CT molecular complexity index is 273. The molecule has 0 bridgehead atoms. The monoisotopic (exact) mass is 169 g/mol. The number of hydrogen-bond donors (Lipinski definition) is 1. The Labute approximate surface area is 71.2 Å². The van der Waals surface area contributed by atoms with E-state index in [-0.39, 0.29) is 5.75 Å². The van der Waals surface area contributed by atoms with E-state index in [1.807, 2.05) is 19.0 Å². The minimum Gasteiger partial charge on any atom is -0.505 e. The van der Waals surface area contributed by atoms with Crippen LogP contribution in [0.3, 0.4) is 0 Å². The van der Waals surface area contributed by atoms with Crippen molar-refractivity contribution in [2.24, 2.45) is 0 Å². The minimum absolute atomic E-state index is 0.283. The molecular weight excluding hydrogens is 157 g/mol. The lowest BCUT2D eigenvalue weighted by molar-refractivity contribution is 0.396. The Kier molecular flexibility index (Phi) is 2.65. The summed E-state index contributed by atoms with van der Waals surface area (Å²) < 4.78 is 12.6. The molecule has 0 aliphatic heterocycles. The first kappa shape index (κ1) is 9.00. The second-order valence-corrected chi connectivity index (χ2v) is 3.02. The largest absolute Gasteiger partial charge is 0.505 e. The molecule has 1 rings (SSSR count). The van der Waals surface area contributed by atoms with E-state index < -0.39 is 5.82 Å². The molecule has 0 heterocycles. The lowest BCUT2D eigenvalue weighted by Gasteiger charge is -2.09. The zero-order valence-electron chi connectivity index (χ0n) is 7.21. The van der Waals surface area contributed by atoms with Crippen LogP contribution in [0.2, 0.25) is 0 Å². The van der Waals surface area contributed by atoms with Gasteiger partial charge in [0.25, 0.3) is 0 Å². The number of phenols is 1. The van der Waals surface area contributed by atoms with E-state index in [4.69, 9.17) is 5.11 Å². The van der Waals surface area contributed by atoms with E-state index in [1.165, 1.54) is 12.1 Å². The predicted molar refractivity (Wildman–Crippen MR) is 45.5 cm³/mol. The normalized spacial score (nSPS) is 10.7. The average Bonchev–Trinajstić information content (AvgIpc) is 1.96. The van der Waals surface area contributed by atoms with Gasteiger partial charge in [-0.2, -0.15) is 0 Å². The molecule has 0 unspecified atom stereocenters. The fourth-order valence-corrected chi connectivity index (χ4v) is 1.02. The van der Waals surface area contributed by atoms with Crippen LogP contribution in [0, 0.1) is 5.82 Å². The number of halogens is 1. The molecule has 1 N–H and O–H groups in total. The van der Waals surface area contributed by atoms with Crippen LogP contribution in [0.25, 0.3) is 0 Å². The zero-order chi connectivity index (χ0) is 9.14. The fourth-order valence-electron chi connectivity index (χ4n) is 1.02. The van der Waals surface area contributed by atoms with E-state index in [2.05, 4.69) is 0 Å². The molecule has 0 saturated heterocycles. The van der Waals surface area contributed by atoms with Gasteiger partial charge >= 0.3 is 0 Å². The highest BCUT2D eigenvalue weighted by Gasteiger charge is 2.01. The first-order chi connectivity index (χ1) is 5.59. The zero-order valence-corrected chi connectivity index (χ0v) is 7.21. The Morgan fingerprint density at radius 3 is 2.58 bits per heavy atom. The Morgan fingerprint density at radius 2 is 2.08 bits per heavy atom. The summed E-state index contributed by atoms with van der Waals surface area (Å²) in [5.74, 6) is -0.855. The van der Waals surface area contributed by atoms with E-state index in [0.717, 1.165) is 5.56 Å². The first-order valence-electron chi connectivity index (χ1n) is 3.71. The van der Waals surface area contributed by atoms with Crippen molar-refractivity contribution in [1.29, 1.82) is 0 Å². The van der Waals surface area contributed by atoms with Crippen molar-refractivity contribution in [2.75, 3.05) is 14.1 Å². The van der Waals surface area contributed by atoms with Crippen molar-refractivity contribution in [3.05, 3.63) is 29.6 Å². The van der Waals surface area contributed by atoms with Crippen molar-refractivity contribution in [3.8, 4) is 5.75 Å². The van der Waals surface area contributed by atoms with E-state index in [9.17, 15) is 4.39 Å². The summed E-state index contributed by atoms with van der Waals surface area (Å²) in [4.78, 5) is 1.95. The highest BCUT2D eigenvalue weighted by atomic mass is 19.1. The SMILES string of the molecule is CN(C)Cc1ccc(F)c(O)c1. The Balaban J connectivity index is 2.82. The summed E-state index contributed by atoms with van der Waals surface area (Å²) in [7, 11) is 3.83. The molecular formula is C9H12FNO. The van der Waals surface area contributed by atoms with Crippen molar-refractivity contribution >= 4 is 0 Å². The van der Waals surface area contributed by atoms with E-state index in [0.29, 0.717) is 6.54 Å². The van der Waals surface area contributed by atoms with Crippen LogP contribution in [0.15, 0.2) is 18.2 Å². The standard InChI is InChI=1S/C9H12FNO/c1-11(2)6-7-3-4-8(10)9(12)5-7/h3-5,12H,6H2,1-2H3. The van der Waals surface area contributed by atoms with E-state index >= 15 is 0 Å². The summed E-state index contributed by atoms with van der Waals surface area (Å²) >= 11 is 0. The maximum Gasteiger partial charge on any atom is 0.164 e. The summed E-state index contributed by atoms with van der Waals surface area (Å²) in [6.07, 6.45) is 0. The molecule has 1 aromatic rings. The molecule has 0 spiro atoms. The van der Waals surface area contributed by atoms with Gasteiger partial charge in [0.05, 0.1) is 0 Å².